The lowest BCUT2D eigenvalue weighted by atomic mass is 10.1. The first-order valence-corrected chi connectivity index (χ1v) is 6.86. The highest BCUT2D eigenvalue weighted by molar-refractivity contribution is 7.91. The SMILES string of the molecule is CS(=O)(=O)C1C(CO)C1c1ccccc1. The predicted molar refractivity (Wildman–Crippen MR) is 58.4 cm³/mol. The Kier molecular flexibility index (Phi) is 2.56. The van der Waals surface area contributed by atoms with Crippen LogP contribution in [-0.2, 0) is 9.84 Å². The number of benzene rings is 1. The van der Waals surface area contributed by atoms with Crippen molar-refractivity contribution in [2.45, 2.75) is 11.2 Å². The first kappa shape index (κ1) is 10.6. The Morgan fingerprint density at radius 1 is 1.27 bits per heavy atom. The van der Waals surface area contributed by atoms with Gasteiger partial charge in [0, 0.05) is 24.7 Å². The average Bonchev–Trinajstić information content (AvgIpc) is 2.92. The van der Waals surface area contributed by atoms with E-state index in [1.807, 2.05) is 30.3 Å². The predicted octanol–water partition coefficient (Wildman–Crippen LogP) is 0.805. The molecule has 3 atom stereocenters. The van der Waals surface area contributed by atoms with Crippen LogP contribution in [0.25, 0.3) is 0 Å². The van der Waals surface area contributed by atoms with Gasteiger partial charge in [0.05, 0.1) is 5.25 Å². The molecule has 0 radical (unpaired) electrons. The van der Waals surface area contributed by atoms with Gasteiger partial charge in [0.2, 0.25) is 0 Å². The lowest BCUT2D eigenvalue weighted by Crippen LogP contribution is -2.07. The number of aliphatic hydroxyl groups excluding tert-OH is 1. The van der Waals surface area contributed by atoms with Crippen LogP contribution < -0.4 is 0 Å². The molecule has 4 heteroatoms. The molecule has 0 aliphatic heterocycles. The largest absolute Gasteiger partial charge is 0.396 e. The minimum absolute atomic E-state index is 0.0220. The van der Waals surface area contributed by atoms with Gasteiger partial charge in [-0.25, -0.2) is 8.42 Å². The molecule has 3 unspecified atom stereocenters. The average molecular weight is 226 g/mol. The van der Waals surface area contributed by atoms with Crippen LogP contribution in [0.4, 0.5) is 0 Å². The van der Waals surface area contributed by atoms with E-state index < -0.39 is 15.1 Å². The van der Waals surface area contributed by atoms with Crippen molar-refractivity contribution >= 4 is 9.84 Å². The molecule has 0 amide bonds. The molecule has 1 aromatic carbocycles. The van der Waals surface area contributed by atoms with Gasteiger partial charge in [0.1, 0.15) is 0 Å². The fourth-order valence-corrected chi connectivity index (χ4v) is 3.95. The van der Waals surface area contributed by atoms with Gasteiger partial charge in [0.15, 0.2) is 9.84 Å². The van der Waals surface area contributed by atoms with Crippen molar-refractivity contribution in [3.63, 3.8) is 0 Å². The van der Waals surface area contributed by atoms with E-state index >= 15 is 0 Å². The van der Waals surface area contributed by atoms with Crippen LogP contribution in [0.3, 0.4) is 0 Å². The Morgan fingerprint density at radius 2 is 1.87 bits per heavy atom. The van der Waals surface area contributed by atoms with Gasteiger partial charge in [-0.1, -0.05) is 30.3 Å². The van der Waals surface area contributed by atoms with Crippen LogP contribution in [0.2, 0.25) is 0 Å². The molecule has 0 spiro atoms. The summed E-state index contributed by atoms with van der Waals surface area (Å²) in [5, 5.41) is 8.71. The maximum absolute atomic E-state index is 11.4. The van der Waals surface area contributed by atoms with E-state index in [1.165, 1.54) is 6.26 Å². The number of sulfone groups is 1. The molecular formula is C11H14O3S. The number of rotatable bonds is 3. The smallest absolute Gasteiger partial charge is 0.151 e. The fourth-order valence-electron chi connectivity index (χ4n) is 2.26. The second kappa shape index (κ2) is 3.61. The third kappa shape index (κ3) is 1.92. The van der Waals surface area contributed by atoms with Crippen LogP contribution in [0.1, 0.15) is 11.5 Å². The molecule has 1 fully saturated rings. The second-order valence-electron chi connectivity index (χ2n) is 4.08. The van der Waals surface area contributed by atoms with E-state index in [2.05, 4.69) is 0 Å². The zero-order valence-electron chi connectivity index (χ0n) is 8.50. The highest BCUT2D eigenvalue weighted by Crippen LogP contribution is 2.51. The molecule has 82 valence electrons. The molecule has 1 saturated carbocycles. The van der Waals surface area contributed by atoms with Crippen molar-refractivity contribution < 1.29 is 13.5 Å². The summed E-state index contributed by atoms with van der Waals surface area (Å²) in [6, 6.07) is 9.51. The molecular weight excluding hydrogens is 212 g/mol. The summed E-state index contributed by atoms with van der Waals surface area (Å²) in [6.45, 7) is -0.0582. The summed E-state index contributed by atoms with van der Waals surface area (Å²) < 4.78 is 22.9. The highest BCUT2D eigenvalue weighted by Gasteiger charge is 2.56. The quantitative estimate of drug-likeness (QED) is 0.829. The van der Waals surface area contributed by atoms with Crippen LogP contribution in [0.15, 0.2) is 30.3 Å². The summed E-state index contributed by atoms with van der Waals surface area (Å²) in [5.74, 6) is -0.145. The minimum Gasteiger partial charge on any atom is -0.396 e. The maximum Gasteiger partial charge on any atom is 0.151 e. The summed E-state index contributed by atoms with van der Waals surface area (Å²) in [6.07, 6.45) is 1.24. The Hall–Kier alpha value is -0.870. The zero-order valence-corrected chi connectivity index (χ0v) is 9.31. The zero-order chi connectivity index (χ0) is 11.1. The van der Waals surface area contributed by atoms with E-state index in [-0.39, 0.29) is 18.4 Å². The highest BCUT2D eigenvalue weighted by atomic mass is 32.2. The Morgan fingerprint density at radius 3 is 2.27 bits per heavy atom. The first-order valence-electron chi connectivity index (χ1n) is 4.90. The molecule has 1 N–H and O–H groups in total. The first-order chi connectivity index (χ1) is 7.05. The van der Waals surface area contributed by atoms with Crippen molar-refractivity contribution in [3.05, 3.63) is 35.9 Å². The Balaban J connectivity index is 2.27. The van der Waals surface area contributed by atoms with Crippen molar-refractivity contribution in [1.82, 2.24) is 0 Å². The van der Waals surface area contributed by atoms with Gasteiger partial charge in [-0.05, 0) is 5.56 Å². The van der Waals surface area contributed by atoms with Gasteiger partial charge >= 0.3 is 0 Å². The van der Waals surface area contributed by atoms with Crippen molar-refractivity contribution in [1.29, 1.82) is 0 Å². The molecule has 3 nitrogen and oxygen atoms in total. The number of hydrogen-bond donors (Lipinski definition) is 1. The number of aliphatic hydroxyl groups is 1. The fraction of sp³-hybridized carbons (Fsp3) is 0.455. The normalized spacial score (nSPS) is 30.1. The van der Waals surface area contributed by atoms with Crippen LogP contribution in [0, 0.1) is 5.92 Å². The van der Waals surface area contributed by atoms with Crippen LogP contribution in [-0.4, -0.2) is 31.6 Å². The molecule has 1 aliphatic rings. The maximum atomic E-state index is 11.4. The van der Waals surface area contributed by atoms with Crippen molar-refractivity contribution in [2.75, 3.05) is 12.9 Å². The van der Waals surface area contributed by atoms with Crippen LogP contribution >= 0.6 is 0 Å². The summed E-state index contributed by atoms with van der Waals surface area (Å²) >= 11 is 0. The molecule has 1 aromatic rings. The van der Waals surface area contributed by atoms with E-state index in [1.54, 1.807) is 0 Å². The molecule has 0 bridgehead atoms. The molecule has 0 aromatic heterocycles. The lowest BCUT2D eigenvalue weighted by Gasteiger charge is -1.97. The van der Waals surface area contributed by atoms with E-state index in [4.69, 9.17) is 5.11 Å². The molecule has 1 aliphatic carbocycles. The molecule has 0 saturated heterocycles. The Bertz CT molecular complexity index is 438. The third-order valence-corrected chi connectivity index (χ3v) is 4.62. The Labute approximate surface area is 89.7 Å². The monoisotopic (exact) mass is 226 g/mol. The van der Waals surface area contributed by atoms with Crippen LogP contribution in [0.5, 0.6) is 0 Å². The topological polar surface area (TPSA) is 54.4 Å². The van der Waals surface area contributed by atoms with Gasteiger partial charge < -0.3 is 5.11 Å². The summed E-state index contributed by atoms with van der Waals surface area (Å²) in [7, 11) is -3.05. The molecule has 2 rings (SSSR count). The summed E-state index contributed by atoms with van der Waals surface area (Å²) in [5.41, 5.74) is 1.01. The van der Waals surface area contributed by atoms with Crippen molar-refractivity contribution in [2.24, 2.45) is 5.92 Å². The standard InChI is InChI=1S/C11H14O3S/c1-15(13,14)11-9(7-12)10(11)8-5-3-2-4-6-8/h2-6,9-12H,7H2,1H3. The van der Waals surface area contributed by atoms with Gasteiger partial charge in [0.25, 0.3) is 0 Å². The lowest BCUT2D eigenvalue weighted by molar-refractivity contribution is 0.274. The summed E-state index contributed by atoms with van der Waals surface area (Å²) in [4.78, 5) is 0. The van der Waals surface area contributed by atoms with Gasteiger partial charge in [-0.15, -0.1) is 0 Å². The van der Waals surface area contributed by atoms with E-state index in [0.29, 0.717) is 0 Å². The van der Waals surface area contributed by atoms with E-state index in [0.717, 1.165) is 5.56 Å². The minimum atomic E-state index is -3.05. The third-order valence-electron chi connectivity index (χ3n) is 2.99. The molecule has 15 heavy (non-hydrogen) atoms. The molecule has 0 heterocycles. The number of hydrogen-bond acceptors (Lipinski definition) is 3. The van der Waals surface area contributed by atoms with Crippen molar-refractivity contribution in [3.8, 4) is 0 Å². The van der Waals surface area contributed by atoms with Gasteiger partial charge in [-0.2, -0.15) is 0 Å². The van der Waals surface area contributed by atoms with Gasteiger partial charge in [-0.3, -0.25) is 0 Å². The second-order valence-corrected chi connectivity index (χ2v) is 6.28. The van der Waals surface area contributed by atoms with E-state index in [9.17, 15) is 8.42 Å².